The van der Waals surface area contributed by atoms with Crippen molar-refractivity contribution in [3.63, 3.8) is 0 Å². The molecule has 98 valence electrons. The lowest BCUT2D eigenvalue weighted by Gasteiger charge is -2.08. The second-order valence-electron chi connectivity index (χ2n) is 4.08. The van der Waals surface area contributed by atoms with Crippen LogP contribution in [0.3, 0.4) is 0 Å². The van der Waals surface area contributed by atoms with Crippen LogP contribution in [-0.2, 0) is 6.54 Å². The van der Waals surface area contributed by atoms with Crippen molar-refractivity contribution in [1.82, 2.24) is 4.98 Å². The molecular weight excluding hydrogens is 244 g/mol. The fraction of sp³-hybridized carbons (Fsp3) is 0.0769. The van der Waals surface area contributed by atoms with E-state index in [-0.39, 0.29) is 11.1 Å². The first-order chi connectivity index (χ1) is 9.06. The fourth-order valence-electron chi connectivity index (χ4n) is 1.69. The Labute approximate surface area is 109 Å². The summed E-state index contributed by atoms with van der Waals surface area (Å²) in [4.78, 5) is 25.4. The van der Waals surface area contributed by atoms with Crippen LogP contribution in [0.15, 0.2) is 36.5 Å². The lowest BCUT2D eigenvalue weighted by Crippen LogP contribution is -2.16. The van der Waals surface area contributed by atoms with Crippen molar-refractivity contribution in [3.05, 3.63) is 53.3 Å². The second-order valence-corrected chi connectivity index (χ2v) is 4.08. The van der Waals surface area contributed by atoms with Gasteiger partial charge < -0.3 is 21.8 Å². The first-order valence-corrected chi connectivity index (χ1v) is 5.67. The highest BCUT2D eigenvalue weighted by molar-refractivity contribution is 5.99. The van der Waals surface area contributed by atoms with Crippen LogP contribution in [0.1, 0.15) is 26.4 Å². The van der Waals surface area contributed by atoms with Gasteiger partial charge in [0.1, 0.15) is 0 Å². The molecule has 0 bridgehead atoms. The largest absolute Gasteiger partial charge is 0.379 e. The van der Waals surface area contributed by atoms with Crippen molar-refractivity contribution in [2.24, 2.45) is 11.5 Å². The number of nitrogens with two attached hydrogens (primary N) is 2. The van der Waals surface area contributed by atoms with Crippen LogP contribution in [0.4, 0.5) is 5.69 Å². The molecule has 0 saturated heterocycles. The molecule has 0 spiro atoms. The standard InChI is InChI=1S/C13H14N4O2/c14-12(18)8-4-9(13(15)19)6-11(5-8)17-7-10-2-1-3-16-10/h1-6,16-17H,7H2,(H2,14,18)(H2,15,19). The van der Waals surface area contributed by atoms with E-state index in [0.717, 1.165) is 5.69 Å². The number of hydrogen-bond acceptors (Lipinski definition) is 3. The highest BCUT2D eigenvalue weighted by atomic mass is 16.1. The third-order valence-electron chi connectivity index (χ3n) is 2.65. The van der Waals surface area contributed by atoms with Gasteiger partial charge >= 0.3 is 0 Å². The van der Waals surface area contributed by atoms with Crippen LogP contribution in [0.25, 0.3) is 0 Å². The lowest BCUT2D eigenvalue weighted by atomic mass is 10.1. The number of rotatable bonds is 5. The number of nitrogens with one attached hydrogen (secondary N) is 2. The monoisotopic (exact) mass is 258 g/mol. The van der Waals surface area contributed by atoms with E-state index in [1.807, 2.05) is 18.3 Å². The Bertz CT molecular complexity index is 573. The maximum atomic E-state index is 11.2. The van der Waals surface area contributed by atoms with Crippen LogP contribution in [0.5, 0.6) is 0 Å². The molecule has 0 aliphatic heterocycles. The normalized spacial score (nSPS) is 10.1. The maximum absolute atomic E-state index is 11.2. The molecule has 2 rings (SSSR count). The number of aromatic amines is 1. The van der Waals surface area contributed by atoms with Crippen molar-refractivity contribution in [1.29, 1.82) is 0 Å². The zero-order chi connectivity index (χ0) is 13.8. The van der Waals surface area contributed by atoms with Crippen molar-refractivity contribution in [2.75, 3.05) is 5.32 Å². The molecular formula is C13H14N4O2. The van der Waals surface area contributed by atoms with Crippen LogP contribution < -0.4 is 16.8 Å². The van der Waals surface area contributed by atoms with Gasteiger partial charge in [-0.2, -0.15) is 0 Å². The number of amides is 2. The van der Waals surface area contributed by atoms with Gasteiger partial charge in [0.2, 0.25) is 11.8 Å². The van der Waals surface area contributed by atoms with Crippen LogP contribution >= 0.6 is 0 Å². The van der Waals surface area contributed by atoms with E-state index in [0.29, 0.717) is 12.2 Å². The molecule has 0 fully saturated rings. The van der Waals surface area contributed by atoms with Gasteiger partial charge in [0.05, 0.1) is 6.54 Å². The number of aromatic nitrogens is 1. The molecule has 6 nitrogen and oxygen atoms in total. The molecule has 2 aromatic rings. The quantitative estimate of drug-likeness (QED) is 0.636. The zero-order valence-corrected chi connectivity index (χ0v) is 10.1. The Morgan fingerprint density at radius 2 is 1.74 bits per heavy atom. The topological polar surface area (TPSA) is 114 Å². The van der Waals surface area contributed by atoms with Gasteiger partial charge in [-0.15, -0.1) is 0 Å². The van der Waals surface area contributed by atoms with E-state index >= 15 is 0 Å². The van der Waals surface area contributed by atoms with Gasteiger partial charge in [-0.3, -0.25) is 9.59 Å². The molecule has 0 saturated carbocycles. The molecule has 1 heterocycles. The summed E-state index contributed by atoms with van der Waals surface area (Å²) >= 11 is 0. The zero-order valence-electron chi connectivity index (χ0n) is 10.1. The van der Waals surface area contributed by atoms with E-state index in [9.17, 15) is 9.59 Å². The van der Waals surface area contributed by atoms with Crippen LogP contribution in [0.2, 0.25) is 0 Å². The number of hydrogen-bond donors (Lipinski definition) is 4. The summed E-state index contributed by atoms with van der Waals surface area (Å²) in [7, 11) is 0. The summed E-state index contributed by atoms with van der Waals surface area (Å²) in [5.74, 6) is -1.21. The molecule has 0 unspecified atom stereocenters. The minimum atomic E-state index is -0.606. The summed E-state index contributed by atoms with van der Waals surface area (Å²) in [6.07, 6.45) is 1.81. The molecule has 19 heavy (non-hydrogen) atoms. The summed E-state index contributed by atoms with van der Waals surface area (Å²) in [6.45, 7) is 0.535. The Kier molecular flexibility index (Phi) is 3.51. The van der Waals surface area contributed by atoms with E-state index in [2.05, 4.69) is 10.3 Å². The van der Waals surface area contributed by atoms with Gasteiger partial charge in [-0.25, -0.2) is 0 Å². The SMILES string of the molecule is NC(=O)c1cc(NCc2ccc[nH]2)cc(C(N)=O)c1. The predicted octanol–water partition coefficient (Wildman–Crippen LogP) is 0.825. The van der Waals surface area contributed by atoms with Gasteiger partial charge in [0.15, 0.2) is 0 Å². The summed E-state index contributed by atoms with van der Waals surface area (Å²) in [5.41, 5.74) is 12.5. The number of H-pyrrole nitrogens is 1. The fourth-order valence-corrected chi connectivity index (χ4v) is 1.69. The summed E-state index contributed by atoms with van der Waals surface area (Å²) in [5, 5.41) is 3.09. The number of benzene rings is 1. The van der Waals surface area contributed by atoms with E-state index < -0.39 is 11.8 Å². The van der Waals surface area contributed by atoms with Gasteiger partial charge in [0.25, 0.3) is 0 Å². The molecule has 0 aliphatic rings. The Morgan fingerprint density at radius 1 is 1.11 bits per heavy atom. The number of anilines is 1. The van der Waals surface area contributed by atoms with Crippen molar-refractivity contribution < 1.29 is 9.59 Å². The predicted molar refractivity (Wildman–Crippen MR) is 71.6 cm³/mol. The summed E-state index contributed by atoms with van der Waals surface area (Å²) in [6, 6.07) is 8.34. The summed E-state index contributed by atoms with van der Waals surface area (Å²) < 4.78 is 0. The highest BCUT2D eigenvalue weighted by Crippen LogP contribution is 2.15. The Morgan fingerprint density at radius 3 is 2.21 bits per heavy atom. The minimum Gasteiger partial charge on any atom is -0.379 e. The van der Waals surface area contributed by atoms with Crippen molar-refractivity contribution in [3.8, 4) is 0 Å². The first-order valence-electron chi connectivity index (χ1n) is 5.67. The molecule has 0 atom stereocenters. The van der Waals surface area contributed by atoms with E-state index in [1.165, 1.54) is 6.07 Å². The third-order valence-corrected chi connectivity index (χ3v) is 2.65. The van der Waals surface area contributed by atoms with Crippen molar-refractivity contribution >= 4 is 17.5 Å². The van der Waals surface area contributed by atoms with Crippen molar-refractivity contribution in [2.45, 2.75) is 6.54 Å². The molecule has 0 radical (unpaired) electrons. The average Bonchev–Trinajstić information content (AvgIpc) is 2.89. The minimum absolute atomic E-state index is 0.241. The van der Waals surface area contributed by atoms with Crippen LogP contribution in [0, 0.1) is 0 Å². The lowest BCUT2D eigenvalue weighted by molar-refractivity contribution is 0.0999. The molecule has 1 aromatic carbocycles. The number of carbonyl (C=O) groups is 2. The molecule has 6 N–H and O–H groups in total. The molecule has 2 amide bonds. The van der Waals surface area contributed by atoms with Gasteiger partial charge in [-0.1, -0.05) is 0 Å². The van der Waals surface area contributed by atoms with E-state index in [1.54, 1.807) is 12.1 Å². The van der Waals surface area contributed by atoms with Gasteiger partial charge in [-0.05, 0) is 30.3 Å². The van der Waals surface area contributed by atoms with Gasteiger partial charge in [0, 0.05) is 28.7 Å². The average molecular weight is 258 g/mol. The highest BCUT2D eigenvalue weighted by Gasteiger charge is 2.09. The maximum Gasteiger partial charge on any atom is 0.248 e. The Balaban J connectivity index is 2.23. The Hall–Kier alpha value is -2.76. The van der Waals surface area contributed by atoms with E-state index in [4.69, 9.17) is 11.5 Å². The second kappa shape index (κ2) is 5.26. The third kappa shape index (κ3) is 3.12. The smallest absolute Gasteiger partial charge is 0.248 e. The molecule has 1 aromatic heterocycles. The molecule has 6 heteroatoms. The first kappa shape index (κ1) is 12.7. The number of primary amides is 2. The van der Waals surface area contributed by atoms with Crippen LogP contribution in [-0.4, -0.2) is 16.8 Å². The molecule has 0 aliphatic carbocycles. The number of carbonyl (C=O) groups excluding carboxylic acids is 2.